The summed E-state index contributed by atoms with van der Waals surface area (Å²) in [6.07, 6.45) is 0. The van der Waals surface area contributed by atoms with Crippen LogP contribution in [0.15, 0.2) is 12.1 Å². The third kappa shape index (κ3) is 3.05. The first-order valence-electron chi connectivity index (χ1n) is 5.76. The van der Waals surface area contributed by atoms with E-state index in [4.69, 9.17) is 0 Å². The zero-order valence-corrected chi connectivity index (χ0v) is 11.7. The van der Waals surface area contributed by atoms with Crippen molar-refractivity contribution in [2.24, 2.45) is 0 Å². The van der Waals surface area contributed by atoms with Gasteiger partial charge in [0, 0.05) is 10.9 Å². The van der Waals surface area contributed by atoms with E-state index in [9.17, 15) is 10.1 Å². The van der Waals surface area contributed by atoms with Gasteiger partial charge in [-0.2, -0.15) is 0 Å². The van der Waals surface area contributed by atoms with Crippen LogP contribution < -0.4 is 5.32 Å². The Labute approximate surface area is 114 Å². The minimum absolute atomic E-state index is 0.0335. The quantitative estimate of drug-likeness (QED) is 0.687. The molecule has 7 heteroatoms. The lowest BCUT2D eigenvalue weighted by molar-refractivity contribution is -0.385. The summed E-state index contributed by atoms with van der Waals surface area (Å²) in [5.74, 6) is 0.619. The molecule has 0 aliphatic rings. The van der Waals surface area contributed by atoms with Crippen molar-refractivity contribution in [2.75, 3.05) is 5.32 Å². The molecule has 2 aromatic rings. The van der Waals surface area contributed by atoms with Gasteiger partial charge in [-0.05, 0) is 26.8 Å². The largest absolute Gasteiger partial charge is 0.364 e. The molecule has 0 saturated heterocycles. The number of thiazole rings is 1. The Hall–Kier alpha value is -2.02. The highest BCUT2D eigenvalue weighted by molar-refractivity contribution is 7.11. The molecule has 0 amide bonds. The van der Waals surface area contributed by atoms with Crippen LogP contribution >= 0.6 is 11.3 Å². The molecule has 100 valence electrons. The summed E-state index contributed by atoms with van der Waals surface area (Å²) in [6.45, 7) is 6.19. The van der Waals surface area contributed by atoms with Gasteiger partial charge in [0.15, 0.2) is 0 Å². The average Bonchev–Trinajstić information content (AvgIpc) is 2.65. The summed E-state index contributed by atoms with van der Waals surface area (Å²) in [6, 6.07) is 3.07. The maximum absolute atomic E-state index is 10.7. The number of nitrogens with one attached hydrogen (secondary N) is 1. The molecule has 6 nitrogen and oxygen atoms in total. The number of nitro groups is 1. The molecule has 0 saturated carbocycles. The molecule has 0 unspecified atom stereocenters. The van der Waals surface area contributed by atoms with E-state index in [-0.39, 0.29) is 5.69 Å². The van der Waals surface area contributed by atoms with Gasteiger partial charge in [-0.1, -0.05) is 0 Å². The maximum atomic E-state index is 10.7. The summed E-state index contributed by atoms with van der Waals surface area (Å²) in [5.41, 5.74) is 1.42. The molecule has 19 heavy (non-hydrogen) atoms. The maximum Gasteiger partial charge on any atom is 0.290 e. The Balaban J connectivity index is 2.10. The number of nitrogens with zero attached hydrogens (tertiary/aromatic N) is 3. The first-order chi connectivity index (χ1) is 8.97. The van der Waals surface area contributed by atoms with Crippen LogP contribution in [0.25, 0.3) is 0 Å². The van der Waals surface area contributed by atoms with Crippen LogP contribution in [0, 0.1) is 30.9 Å². The lowest BCUT2D eigenvalue weighted by Crippen LogP contribution is -2.04. The number of aryl methyl sites for hydroxylation is 3. The second-order valence-corrected chi connectivity index (χ2v) is 5.55. The molecular formula is C12H14N4O2S. The highest BCUT2D eigenvalue weighted by Gasteiger charge is 2.12. The fraction of sp³-hybridized carbons (Fsp3) is 0.333. The molecule has 0 aromatic carbocycles. The van der Waals surface area contributed by atoms with E-state index >= 15 is 0 Å². The molecule has 0 bridgehead atoms. The standard InChI is InChI=1S/C12H14N4O2S/c1-7-11(16(17)18)4-5-12(14-7)13-6-10-8(2)19-9(3)15-10/h4-5H,6H2,1-3H3,(H,13,14). The highest BCUT2D eigenvalue weighted by atomic mass is 32.1. The SMILES string of the molecule is Cc1nc(CNc2ccc([N+](=O)[O-])c(C)n2)c(C)s1. The van der Waals surface area contributed by atoms with Crippen molar-refractivity contribution in [1.29, 1.82) is 0 Å². The van der Waals surface area contributed by atoms with E-state index in [1.54, 1.807) is 24.3 Å². The number of hydrogen-bond acceptors (Lipinski definition) is 6. The number of hydrogen-bond donors (Lipinski definition) is 1. The highest BCUT2D eigenvalue weighted by Crippen LogP contribution is 2.20. The Bertz CT molecular complexity index is 624. The molecule has 0 aliphatic heterocycles. The second kappa shape index (κ2) is 5.31. The van der Waals surface area contributed by atoms with Crippen molar-refractivity contribution >= 4 is 22.8 Å². The lowest BCUT2D eigenvalue weighted by Gasteiger charge is -2.05. The van der Waals surface area contributed by atoms with E-state index < -0.39 is 4.92 Å². The Morgan fingerprint density at radius 3 is 2.58 bits per heavy atom. The van der Waals surface area contributed by atoms with Gasteiger partial charge in [-0.15, -0.1) is 11.3 Å². The zero-order chi connectivity index (χ0) is 14.0. The summed E-state index contributed by atoms with van der Waals surface area (Å²) in [5, 5.41) is 14.9. The average molecular weight is 278 g/mol. The van der Waals surface area contributed by atoms with Gasteiger partial charge in [0.05, 0.1) is 22.2 Å². The number of pyridine rings is 1. The van der Waals surface area contributed by atoms with Gasteiger partial charge in [0.2, 0.25) is 0 Å². The van der Waals surface area contributed by atoms with Crippen molar-refractivity contribution in [2.45, 2.75) is 27.3 Å². The van der Waals surface area contributed by atoms with Crippen molar-refractivity contribution < 1.29 is 4.92 Å². The van der Waals surface area contributed by atoms with Crippen LogP contribution in [-0.4, -0.2) is 14.9 Å². The molecule has 2 aromatic heterocycles. The smallest absolute Gasteiger partial charge is 0.290 e. The molecule has 0 spiro atoms. The summed E-state index contributed by atoms with van der Waals surface area (Å²) < 4.78 is 0. The summed E-state index contributed by atoms with van der Waals surface area (Å²) in [4.78, 5) is 20.0. The minimum Gasteiger partial charge on any atom is -0.364 e. The number of rotatable bonds is 4. The summed E-state index contributed by atoms with van der Waals surface area (Å²) >= 11 is 1.65. The Kier molecular flexibility index (Phi) is 3.75. The van der Waals surface area contributed by atoms with Gasteiger partial charge in [-0.3, -0.25) is 10.1 Å². The minimum atomic E-state index is -0.431. The fourth-order valence-corrected chi connectivity index (χ4v) is 2.59. The van der Waals surface area contributed by atoms with Crippen LogP contribution in [0.5, 0.6) is 0 Å². The van der Waals surface area contributed by atoms with Crippen LogP contribution in [0.4, 0.5) is 11.5 Å². The van der Waals surface area contributed by atoms with Crippen LogP contribution in [0.2, 0.25) is 0 Å². The second-order valence-electron chi connectivity index (χ2n) is 4.15. The van der Waals surface area contributed by atoms with E-state index in [0.717, 1.165) is 10.7 Å². The molecule has 0 aliphatic carbocycles. The Morgan fingerprint density at radius 2 is 2.05 bits per heavy atom. The van der Waals surface area contributed by atoms with Gasteiger partial charge in [-0.25, -0.2) is 9.97 Å². The monoisotopic (exact) mass is 278 g/mol. The fourth-order valence-electron chi connectivity index (χ4n) is 1.76. The van der Waals surface area contributed by atoms with Gasteiger partial charge in [0.1, 0.15) is 11.5 Å². The molecule has 0 fully saturated rings. The Morgan fingerprint density at radius 1 is 1.32 bits per heavy atom. The van der Waals surface area contributed by atoms with Crippen molar-refractivity contribution in [3.8, 4) is 0 Å². The van der Waals surface area contributed by atoms with Gasteiger partial charge < -0.3 is 5.32 Å². The van der Waals surface area contributed by atoms with Crippen molar-refractivity contribution in [3.63, 3.8) is 0 Å². The predicted octanol–water partition coefficient (Wildman–Crippen LogP) is 2.98. The first kappa shape index (κ1) is 13.4. The molecule has 2 heterocycles. The van der Waals surface area contributed by atoms with Crippen molar-refractivity contribution in [1.82, 2.24) is 9.97 Å². The van der Waals surface area contributed by atoms with E-state index in [0.29, 0.717) is 18.1 Å². The lowest BCUT2D eigenvalue weighted by atomic mass is 10.3. The first-order valence-corrected chi connectivity index (χ1v) is 6.58. The van der Waals surface area contributed by atoms with Gasteiger partial charge >= 0.3 is 0 Å². The number of aromatic nitrogens is 2. The van der Waals surface area contributed by atoms with Gasteiger partial charge in [0.25, 0.3) is 5.69 Å². The molecular weight excluding hydrogens is 264 g/mol. The molecule has 1 N–H and O–H groups in total. The van der Waals surface area contributed by atoms with Crippen LogP contribution in [-0.2, 0) is 6.54 Å². The topological polar surface area (TPSA) is 81.0 Å². The van der Waals surface area contributed by atoms with E-state index in [2.05, 4.69) is 15.3 Å². The normalized spacial score (nSPS) is 10.5. The summed E-state index contributed by atoms with van der Waals surface area (Å²) in [7, 11) is 0. The van der Waals surface area contributed by atoms with Crippen molar-refractivity contribution in [3.05, 3.63) is 43.5 Å². The van der Waals surface area contributed by atoms with Crippen LogP contribution in [0.1, 0.15) is 21.3 Å². The third-order valence-corrected chi connectivity index (χ3v) is 3.62. The predicted molar refractivity (Wildman–Crippen MR) is 74.5 cm³/mol. The van der Waals surface area contributed by atoms with Crippen LogP contribution in [0.3, 0.4) is 0 Å². The third-order valence-electron chi connectivity index (χ3n) is 2.69. The molecule has 2 rings (SSSR count). The van der Waals surface area contributed by atoms with E-state index in [1.165, 1.54) is 10.9 Å². The molecule has 0 radical (unpaired) electrons. The molecule has 0 atom stereocenters. The van der Waals surface area contributed by atoms with E-state index in [1.807, 2.05) is 13.8 Å². The number of anilines is 1. The zero-order valence-electron chi connectivity index (χ0n) is 10.9.